The molecule has 6 heteroatoms. The number of alkyl halides is 4. The zero-order valence-corrected chi connectivity index (χ0v) is 10.5. The number of hydrogen-bond acceptors (Lipinski definition) is 1. The average molecular weight is 318 g/mol. The molecule has 0 saturated heterocycles. The molecule has 0 atom stereocenters. The Morgan fingerprint density at radius 2 is 2.00 bits per heavy atom. The summed E-state index contributed by atoms with van der Waals surface area (Å²) in [6.07, 6.45) is -3.62. The van der Waals surface area contributed by atoms with Crippen molar-refractivity contribution in [1.82, 2.24) is 0 Å². The van der Waals surface area contributed by atoms with Crippen LogP contribution in [0.1, 0.15) is 12.0 Å². The lowest BCUT2D eigenvalue weighted by molar-refractivity contribution is -0.137. The number of halogens is 5. The lowest BCUT2D eigenvalue weighted by Crippen LogP contribution is -2.05. The van der Waals surface area contributed by atoms with Gasteiger partial charge in [0.1, 0.15) is 5.75 Å². The SMILES string of the molecule is FC(F)(F)c1ccc(OCCCBr)c(Cl)c1. The Bertz CT molecular complexity index is 354. The van der Waals surface area contributed by atoms with E-state index in [1.165, 1.54) is 6.07 Å². The summed E-state index contributed by atoms with van der Waals surface area (Å²) in [4.78, 5) is 0. The molecule has 0 aromatic heterocycles. The highest BCUT2D eigenvalue weighted by Crippen LogP contribution is 2.34. The number of ether oxygens (including phenoxy) is 1. The summed E-state index contributed by atoms with van der Waals surface area (Å²) in [5.41, 5.74) is -0.773. The van der Waals surface area contributed by atoms with E-state index in [2.05, 4.69) is 15.9 Å². The van der Waals surface area contributed by atoms with E-state index in [1.54, 1.807) is 0 Å². The van der Waals surface area contributed by atoms with Crippen molar-refractivity contribution in [2.24, 2.45) is 0 Å². The van der Waals surface area contributed by atoms with E-state index >= 15 is 0 Å². The van der Waals surface area contributed by atoms with E-state index in [9.17, 15) is 13.2 Å². The van der Waals surface area contributed by atoms with Gasteiger partial charge >= 0.3 is 6.18 Å². The third-order valence-corrected chi connectivity index (χ3v) is 2.65. The van der Waals surface area contributed by atoms with E-state index in [4.69, 9.17) is 16.3 Å². The van der Waals surface area contributed by atoms with Gasteiger partial charge in [0, 0.05) is 5.33 Å². The fourth-order valence-corrected chi connectivity index (χ4v) is 1.49. The van der Waals surface area contributed by atoms with E-state index in [1.807, 2.05) is 0 Å². The van der Waals surface area contributed by atoms with Crippen molar-refractivity contribution in [2.75, 3.05) is 11.9 Å². The highest BCUT2D eigenvalue weighted by Gasteiger charge is 2.30. The van der Waals surface area contributed by atoms with Gasteiger partial charge in [-0.05, 0) is 24.6 Å². The van der Waals surface area contributed by atoms with Crippen molar-refractivity contribution >= 4 is 27.5 Å². The Kier molecular flexibility index (Phi) is 4.92. The second-order valence-electron chi connectivity index (χ2n) is 3.03. The molecule has 0 saturated carbocycles. The summed E-state index contributed by atoms with van der Waals surface area (Å²) in [6.45, 7) is 0.413. The predicted molar refractivity (Wildman–Crippen MR) is 60.4 cm³/mol. The number of benzene rings is 1. The first-order chi connectivity index (χ1) is 7.45. The van der Waals surface area contributed by atoms with Crippen LogP contribution in [-0.4, -0.2) is 11.9 Å². The van der Waals surface area contributed by atoms with Crippen LogP contribution >= 0.6 is 27.5 Å². The molecule has 0 unspecified atom stereocenters. The summed E-state index contributed by atoms with van der Waals surface area (Å²) in [5.74, 6) is 0.274. The van der Waals surface area contributed by atoms with Crippen LogP contribution in [0.4, 0.5) is 13.2 Å². The van der Waals surface area contributed by atoms with Gasteiger partial charge in [0.05, 0.1) is 17.2 Å². The van der Waals surface area contributed by atoms with Crippen molar-refractivity contribution in [2.45, 2.75) is 12.6 Å². The van der Waals surface area contributed by atoms with Crippen molar-refractivity contribution in [3.63, 3.8) is 0 Å². The summed E-state index contributed by atoms with van der Waals surface area (Å²) in [7, 11) is 0. The first-order valence-corrected chi connectivity index (χ1v) is 6.00. The minimum absolute atomic E-state index is 0.0237. The maximum absolute atomic E-state index is 12.3. The average Bonchev–Trinajstić information content (AvgIpc) is 2.19. The summed E-state index contributed by atoms with van der Waals surface area (Å²) in [6, 6.07) is 3.06. The number of rotatable bonds is 4. The van der Waals surface area contributed by atoms with Gasteiger partial charge in [-0.2, -0.15) is 13.2 Å². The molecule has 90 valence electrons. The lowest BCUT2D eigenvalue weighted by atomic mass is 10.2. The first kappa shape index (κ1) is 13.6. The highest BCUT2D eigenvalue weighted by molar-refractivity contribution is 9.09. The Labute approximate surface area is 105 Å². The zero-order chi connectivity index (χ0) is 12.2. The molecule has 1 aromatic rings. The van der Waals surface area contributed by atoms with E-state index in [0.717, 1.165) is 23.9 Å². The van der Waals surface area contributed by atoms with Crippen LogP contribution in [0.3, 0.4) is 0 Å². The molecule has 1 aromatic carbocycles. The minimum Gasteiger partial charge on any atom is -0.492 e. The number of hydrogen-bond donors (Lipinski definition) is 0. The van der Waals surface area contributed by atoms with Gasteiger partial charge in [-0.15, -0.1) is 0 Å². The zero-order valence-electron chi connectivity index (χ0n) is 8.15. The van der Waals surface area contributed by atoms with Crippen molar-refractivity contribution in [1.29, 1.82) is 0 Å². The molecule has 1 nitrogen and oxygen atoms in total. The van der Waals surface area contributed by atoms with Gasteiger partial charge < -0.3 is 4.74 Å². The molecule has 16 heavy (non-hydrogen) atoms. The molecule has 0 bridgehead atoms. The quantitative estimate of drug-likeness (QED) is 0.586. The van der Waals surface area contributed by atoms with Gasteiger partial charge in [-0.1, -0.05) is 27.5 Å². The van der Waals surface area contributed by atoms with E-state index < -0.39 is 11.7 Å². The van der Waals surface area contributed by atoms with E-state index in [0.29, 0.717) is 6.61 Å². The fourth-order valence-electron chi connectivity index (χ4n) is 1.03. The smallest absolute Gasteiger partial charge is 0.416 e. The molecule has 0 aliphatic heterocycles. The maximum Gasteiger partial charge on any atom is 0.416 e. The van der Waals surface area contributed by atoms with Gasteiger partial charge in [-0.25, -0.2) is 0 Å². The molecule has 0 fully saturated rings. The summed E-state index contributed by atoms with van der Waals surface area (Å²) < 4.78 is 42.1. The van der Waals surface area contributed by atoms with Gasteiger partial charge in [0.25, 0.3) is 0 Å². The van der Waals surface area contributed by atoms with Gasteiger partial charge in [-0.3, -0.25) is 0 Å². The highest BCUT2D eigenvalue weighted by atomic mass is 79.9. The van der Waals surface area contributed by atoms with Crippen molar-refractivity contribution in [3.05, 3.63) is 28.8 Å². The van der Waals surface area contributed by atoms with Crippen LogP contribution < -0.4 is 4.74 Å². The molecule has 0 spiro atoms. The van der Waals surface area contributed by atoms with E-state index in [-0.39, 0.29) is 10.8 Å². The molecule has 0 aliphatic carbocycles. The second-order valence-corrected chi connectivity index (χ2v) is 4.23. The molecule has 0 heterocycles. The maximum atomic E-state index is 12.3. The third kappa shape index (κ3) is 3.87. The molecular weight excluding hydrogens is 308 g/mol. The van der Waals surface area contributed by atoms with Crippen LogP contribution in [0.5, 0.6) is 5.75 Å². The molecule has 0 aliphatic rings. The van der Waals surface area contributed by atoms with Crippen LogP contribution in [0, 0.1) is 0 Å². The topological polar surface area (TPSA) is 9.23 Å². The summed E-state index contributed by atoms with van der Waals surface area (Å²) >= 11 is 8.90. The standard InChI is InChI=1S/C10H9BrClF3O/c11-4-1-5-16-9-3-2-7(6-8(9)12)10(13,14)15/h2-3,6H,1,4-5H2. The minimum atomic E-state index is -4.38. The second kappa shape index (κ2) is 5.77. The third-order valence-electron chi connectivity index (χ3n) is 1.79. The van der Waals surface area contributed by atoms with Crippen LogP contribution in [0.2, 0.25) is 5.02 Å². The van der Waals surface area contributed by atoms with Crippen LogP contribution in [0.25, 0.3) is 0 Å². The normalized spacial score (nSPS) is 11.6. The molecule has 0 radical (unpaired) electrons. The Balaban J connectivity index is 2.76. The predicted octanol–water partition coefficient (Wildman–Crippen LogP) is 4.52. The molecular formula is C10H9BrClF3O. The molecule has 0 amide bonds. The van der Waals surface area contributed by atoms with Crippen LogP contribution in [-0.2, 0) is 6.18 Å². The lowest BCUT2D eigenvalue weighted by Gasteiger charge is -2.10. The Morgan fingerprint density at radius 3 is 2.50 bits per heavy atom. The van der Waals surface area contributed by atoms with Crippen molar-refractivity contribution in [3.8, 4) is 5.75 Å². The molecule has 0 N–H and O–H groups in total. The van der Waals surface area contributed by atoms with Crippen LogP contribution in [0.15, 0.2) is 18.2 Å². The fraction of sp³-hybridized carbons (Fsp3) is 0.400. The first-order valence-electron chi connectivity index (χ1n) is 4.50. The summed E-state index contributed by atoms with van der Waals surface area (Å²) in [5, 5.41) is 0.745. The largest absolute Gasteiger partial charge is 0.492 e. The van der Waals surface area contributed by atoms with Gasteiger partial charge in [0.15, 0.2) is 0 Å². The molecule has 1 rings (SSSR count). The Morgan fingerprint density at radius 1 is 1.31 bits per heavy atom. The Hall–Kier alpha value is -0.420. The van der Waals surface area contributed by atoms with Gasteiger partial charge in [0.2, 0.25) is 0 Å². The van der Waals surface area contributed by atoms with Crippen molar-refractivity contribution < 1.29 is 17.9 Å². The monoisotopic (exact) mass is 316 g/mol.